The van der Waals surface area contributed by atoms with Crippen LogP contribution in [-0.4, -0.2) is 12.1 Å². The first-order valence-electron chi connectivity index (χ1n) is 5.66. The molecular formula is C14H12FN3O. The van der Waals surface area contributed by atoms with Gasteiger partial charge in [0.2, 0.25) is 0 Å². The zero-order valence-electron chi connectivity index (χ0n) is 10.4. The summed E-state index contributed by atoms with van der Waals surface area (Å²) in [6.07, 6.45) is 1.56. The first kappa shape index (κ1) is 12.8. The summed E-state index contributed by atoms with van der Waals surface area (Å²) in [4.78, 5) is 3.96. The van der Waals surface area contributed by atoms with Crippen molar-refractivity contribution in [1.82, 2.24) is 4.98 Å². The van der Waals surface area contributed by atoms with Crippen molar-refractivity contribution in [2.24, 2.45) is 0 Å². The number of hydrogen-bond donors (Lipinski definition) is 1. The maximum absolute atomic E-state index is 13.5. The third kappa shape index (κ3) is 2.99. The number of halogens is 1. The molecule has 0 aliphatic carbocycles. The zero-order valence-corrected chi connectivity index (χ0v) is 10.4. The average Bonchev–Trinajstić information content (AvgIpc) is 2.45. The molecule has 0 spiro atoms. The molecule has 2 aromatic rings. The molecule has 0 saturated heterocycles. The second kappa shape index (κ2) is 5.83. The fourth-order valence-corrected chi connectivity index (χ4v) is 1.66. The summed E-state index contributed by atoms with van der Waals surface area (Å²) in [6, 6.07) is 10.2. The average molecular weight is 257 g/mol. The Morgan fingerprint density at radius 2 is 2.26 bits per heavy atom. The minimum Gasteiger partial charge on any atom is -0.494 e. The van der Waals surface area contributed by atoms with Gasteiger partial charge in [0.15, 0.2) is 11.6 Å². The molecule has 19 heavy (non-hydrogen) atoms. The first-order chi connectivity index (χ1) is 9.24. The molecular weight excluding hydrogens is 245 g/mol. The number of nitrogens with zero attached hydrogens (tertiary/aromatic N) is 2. The number of rotatable bonds is 4. The van der Waals surface area contributed by atoms with Gasteiger partial charge in [-0.1, -0.05) is 6.07 Å². The van der Waals surface area contributed by atoms with E-state index in [9.17, 15) is 4.39 Å². The van der Waals surface area contributed by atoms with E-state index in [4.69, 9.17) is 10.00 Å². The monoisotopic (exact) mass is 257 g/mol. The number of hydrogen-bond acceptors (Lipinski definition) is 4. The van der Waals surface area contributed by atoms with Crippen LogP contribution in [0.4, 0.5) is 10.1 Å². The van der Waals surface area contributed by atoms with E-state index in [1.807, 2.05) is 6.07 Å². The van der Waals surface area contributed by atoms with E-state index >= 15 is 0 Å². The van der Waals surface area contributed by atoms with Gasteiger partial charge in [-0.2, -0.15) is 5.26 Å². The van der Waals surface area contributed by atoms with E-state index in [-0.39, 0.29) is 5.75 Å². The third-order valence-electron chi connectivity index (χ3n) is 2.63. The van der Waals surface area contributed by atoms with Gasteiger partial charge in [0.05, 0.1) is 7.11 Å². The van der Waals surface area contributed by atoms with Gasteiger partial charge in [-0.05, 0) is 18.2 Å². The minimum atomic E-state index is -0.431. The molecule has 0 amide bonds. The van der Waals surface area contributed by atoms with Crippen LogP contribution in [0.3, 0.4) is 0 Å². The molecule has 5 heteroatoms. The van der Waals surface area contributed by atoms with Crippen LogP contribution in [-0.2, 0) is 6.54 Å². The Bertz CT molecular complexity index is 622. The molecule has 96 valence electrons. The highest BCUT2D eigenvalue weighted by Crippen LogP contribution is 2.21. The summed E-state index contributed by atoms with van der Waals surface area (Å²) in [7, 11) is 1.42. The van der Waals surface area contributed by atoms with E-state index in [1.54, 1.807) is 30.5 Å². The number of ether oxygens (including phenoxy) is 1. The van der Waals surface area contributed by atoms with Crippen molar-refractivity contribution >= 4 is 5.69 Å². The van der Waals surface area contributed by atoms with E-state index < -0.39 is 5.82 Å². The number of benzene rings is 1. The van der Waals surface area contributed by atoms with E-state index in [1.165, 1.54) is 13.2 Å². The Labute approximate surface area is 110 Å². The van der Waals surface area contributed by atoms with Crippen molar-refractivity contribution in [3.8, 4) is 11.8 Å². The fraction of sp³-hybridized carbons (Fsp3) is 0.143. The number of nitrogens with one attached hydrogen (secondary N) is 1. The molecule has 1 heterocycles. The zero-order chi connectivity index (χ0) is 13.7. The lowest BCUT2D eigenvalue weighted by atomic mass is 10.2. The molecule has 0 saturated carbocycles. The quantitative estimate of drug-likeness (QED) is 0.914. The van der Waals surface area contributed by atoms with Gasteiger partial charge in [0, 0.05) is 30.1 Å². The molecule has 4 nitrogen and oxygen atoms in total. The Morgan fingerprint density at radius 3 is 2.95 bits per heavy atom. The molecule has 0 unspecified atom stereocenters. The second-order valence-corrected chi connectivity index (χ2v) is 3.83. The predicted octanol–water partition coefficient (Wildman–Crippen LogP) is 2.71. The van der Waals surface area contributed by atoms with Gasteiger partial charge < -0.3 is 10.1 Å². The van der Waals surface area contributed by atoms with Crippen molar-refractivity contribution in [1.29, 1.82) is 5.26 Å². The van der Waals surface area contributed by atoms with Gasteiger partial charge in [0.1, 0.15) is 11.8 Å². The highest BCUT2D eigenvalue weighted by atomic mass is 19.1. The second-order valence-electron chi connectivity index (χ2n) is 3.83. The summed E-state index contributed by atoms with van der Waals surface area (Å²) in [6.45, 7) is 0.405. The Balaban J connectivity index is 2.11. The van der Waals surface area contributed by atoms with Crippen LogP contribution in [0.15, 0.2) is 36.5 Å². The molecule has 0 fully saturated rings. The molecule has 2 rings (SSSR count). The summed E-state index contributed by atoms with van der Waals surface area (Å²) in [5, 5.41) is 12.0. The Morgan fingerprint density at radius 1 is 1.42 bits per heavy atom. The lowest BCUT2D eigenvalue weighted by Crippen LogP contribution is -2.03. The van der Waals surface area contributed by atoms with Crippen molar-refractivity contribution < 1.29 is 9.13 Å². The SMILES string of the molecule is COc1ccc(NCc2cccnc2C#N)cc1F. The fourth-order valence-electron chi connectivity index (χ4n) is 1.66. The van der Waals surface area contributed by atoms with Crippen LogP contribution >= 0.6 is 0 Å². The molecule has 0 aliphatic rings. The topological polar surface area (TPSA) is 57.9 Å². The van der Waals surface area contributed by atoms with Gasteiger partial charge in [0.25, 0.3) is 0 Å². The number of aromatic nitrogens is 1. The normalized spacial score (nSPS) is 9.74. The predicted molar refractivity (Wildman–Crippen MR) is 69.2 cm³/mol. The summed E-state index contributed by atoms with van der Waals surface area (Å²) in [5.74, 6) is -0.233. The van der Waals surface area contributed by atoms with Crippen LogP contribution in [0, 0.1) is 17.1 Å². The Kier molecular flexibility index (Phi) is 3.94. The molecule has 0 bridgehead atoms. The lowest BCUT2D eigenvalue weighted by molar-refractivity contribution is 0.386. The smallest absolute Gasteiger partial charge is 0.167 e. The van der Waals surface area contributed by atoms with Crippen LogP contribution in [0.2, 0.25) is 0 Å². The molecule has 0 radical (unpaired) electrons. The number of anilines is 1. The van der Waals surface area contributed by atoms with E-state index in [0.29, 0.717) is 17.9 Å². The lowest BCUT2D eigenvalue weighted by Gasteiger charge is -2.09. The number of methoxy groups -OCH3 is 1. The van der Waals surface area contributed by atoms with Gasteiger partial charge in [-0.15, -0.1) is 0 Å². The van der Waals surface area contributed by atoms with Gasteiger partial charge >= 0.3 is 0 Å². The van der Waals surface area contributed by atoms with Crippen molar-refractivity contribution in [2.45, 2.75) is 6.54 Å². The van der Waals surface area contributed by atoms with Crippen LogP contribution in [0.25, 0.3) is 0 Å². The van der Waals surface area contributed by atoms with E-state index in [0.717, 1.165) is 5.56 Å². The highest BCUT2D eigenvalue weighted by Gasteiger charge is 2.05. The molecule has 0 atom stereocenters. The van der Waals surface area contributed by atoms with Crippen LogP contribution in [0.1, 0.15) is 11.3 Å². The summed E-state index contributed by atoms with van der Waals surface area (Å²) in [5.41, 5.74) is 1.75. The van der Waals surface area contributed by atoms with Gasteiger partial charge in [-0.3, -0.25) is 0 Å². The highest BCUT2D eigenvalue weighted by molar-refractivity contribution is 5.48. The minimum absolute atomic E-state index is 0.199. The standard InChI is InChI=1S/C14H12FN3O/c1-19-14-5-4-11(7-12(14)15)18-9-10-3-2-6-17-13(10)8-16/h2-7,18H,9H2,1H3. The molecule has 1 aromatic heterocycles. The summed E-state index contributed by atoms with van der Waals surface area (Å²) >= 11 is 0. The van der Waals surface area contributed by atoms with Crippen molar-refractivity contribution in [2.75, 3.05) is 12.4 Å². The molecule has 0 aliphatic heterocycles. The van der Waals surface area contributed by atoms with Crippen LogP contribution in [0.5, 0.6) is 5.75 Å². The van der Waals surface area contributed by atoms with Gasteiger partial charge in [-0.25, -0.2) is 9.37 Å². The van der Waals surface area contributed by atoms with Crippen molar-refractivity contribution in [3.63, 3.8) is 0 Å². The molecule has 1 N–H and O–H groups in total. The number of nitriles is 1. The first-order valence-corrected chi connectivity index (χ1v) is 5.66. The largest absolute Gasteiger partial charge is 0.494 e. The summed E-state index contributed by atoms with van der Waals surface area (Å²) < 4.78 is 18.3. The molecule has 1 aromatic carbocycles. The maximum Gasteiger partial charge on any atom is 0.167 e. The maximum atomic E-state index is 13.5. The Hall–Kier alpha value is -2.61. The van der Waals surface area contributed by atoms with Crippen LogP contribution < -0.4 is 10.1 Å². The number of pyridine rings is 1. The third-order valence-corrected chi connectivity index (χ3v) is 2.63. The van der Waals surface area contributed by atoms with E-state index in [2.05, 4.69) is 10.3 Å². The van der Waals surface area contributed by atoms with Crippen molar-refractivity contribution in [3.05, 3.63) is 53.6 Å².